The maximum absolute atomic E-state index is 12.9. The van der Waals surface area contributed by atoms with E-state index >= 15 is 0 Å². The van der Waals surface area contributed by atoms with Gasteiger partial charge in [-0.05, 0) is 25.5 Å². The summed E-state index contributed by atoms with van der Waals surface area (Å²) < 4.78 is 12.8. The second-order valence-electron chi connectivity index (χ2n) is 5.97. The number of nitrogens with zero attached hydrogens (tertiary/aromatic N) is 3. The number of hydrogen-bond acceptors (Lipinski definition) is 5. The van der Waals surface area contributed by atoms with Crippen LogP contribution >= 0.6 is 11.3 Å². The molecule has 2 aromatic heterocycles. The molecule has 1 amide bonds. The first-order valence-corrected chi connectivity index (χ1v) is 8.95. The van der Waals surface area contributed by atoms with Gasteiger partial charge in [-0.25, -0.2) is 4.98 Å². The summed E-state index contributed by atoms with van der Waals surface area (Å²) in [5, 5.41) is 2.72. The summed E-state index contributed by atoms with van der Waals surface area (Å²) in [6.45, 7) is 4.40. The van der Waals surface area contributed by atoms with Gasteiger partial charge in [0.05, 0.1) is 24.9 Å². The van der Waals surface area contributed by atoms with Crippen LogP contribution in [-0.2, 0) is 16.5 Å². The number of methoxy groups -OCH3 is 1. The minimum atomic E-state index is -0.0205. The highest BCUT2D eigenvalue weighted by atomic mass is 32.1. The van der Waals surface area contributed by atoms with Crippen LogP contribution in [0, 0.1) is 6.92 Å². The highest BCUT2D eigenvalue weighted by Gasteiger charge is 2.29. The summed E-state index contributed by atoms with van der Waals surface area (Å²) >= 11 is 1.51. The lowest BCUT2D eigenvalue weighted by Crippen LogP contribution is -2.49. The van der Waals surface area contributed by atoms with Crippen molar-refractivity contribution >= 4 is 17.2 Å². The van der Waals surface area contributed by atoms with Gasteiger partial charge in [0, 0.05) is 38.4 Å². The Morgan fingerprint density at radius 3 is 3.04 bits per heavy atom. The fraction of sp³-hybridized carbons (Fsp3) is 0.529. The molecule has 0 N–H and O–H groups in total. The summed E-state index contributed by atoms with van der Waals surface area (Å²) in [5.41, 5.74) is 2.72. The zero-order valence-electron chi connectivity index (χ0n) is 14.3. The summed E-state index contributed by atoms with van der Waals surface area (Å²) in [6, 6.07) is 4.15. The molecule has 1 unspecified atom stereocenters. The molecule has 3 rings (SSSR count). The van der Waals surface area contributed by atoms with Crippen molar-refractivity contribution in [2.75, 3.05) is 33.5 Å². The molecule has 130 valence electrons. The first-order valence-electron chi connectivity index (χ1n) is 8.07. The topological polar surface area (TPSA) is 56.6 Å². The predicted octanol–water partition coefficient (Wildman–Crippen LogP) is 2.33. The van der Waals surface area contributed by atoms with Crippen molar-refractivity contribution in [1.82, 2.24) is 14.5 Å². The third-order valence-corrected chi connectivity index (χ3v) is 5.32. The molecule has 1 aliphatic rings. The van der Waals surface area contributed by atoms with Crippen molar-refractivity contribution in [3.05, 3.63) is 28.9 Å². The first kappa shape index (κ1) is 17.1. The number of thiazole rings is 1. The molecule has 0 saturated carbocycles. The van der Waals surface area contributed by atoms with Crippen LogP contribution in [0.15, 0.2) is 17.5 Å². The van der Waals surface area contributed by atoms with Gasteiger partial charge in [0.2, 0.25) is 0 Å². The predicted molar refractivity (Wildman–Crippen MR) is 93.4 cm³/mol. The van der Waals surface area contributed by atoms with Gasteiger partial charge in [-0.1, -0.05) is 0 Å². The number of rotatable bonds is 5. The maximum Gasteiger partial charge on any atom is 0.273 e. The van der Waals surface area contributed by atoms with E-state index < -0.39 is 0 Å². The molecule has 0 spiro atoms. The molecule has 0 aromatic carbocycles. The molecular weight excluding hydrogens is 326 g/mol. The van der Waals surface area contributed by atoms with Gasteiger partial charge in [-0.15, -0.1) is 11.3 Å². The molecule has 0 bridgehead atoms. The molecule has 6 nitrogen and oxygen atoms in total. The average Bonchev–Trinajstić information content (AvgIpc) is 3.20. The van der Waals surface area contributed by atoms with Gasteiger partial charge in [-0.3, -0.25) is 4.79 Å². The van der Waals surface area contributed by atoms with Crippen LogP contribution < -0.4 is 0 Å². The van der Waals surface area contributed by atoms with Crippen molar-refractivity contribution in [2.45, 2.75) is 19.4 Å². The monoisotopic (exact) mass is 349 g/mol. The molecule has 1 fully saturated rings. The highest BCUT2D eigenvalue weighted by molar-refractivity contribution is 7.13. The van der Waals surface area contributed by atoms with Crippen molar-refractivity contribution in [3.8, 4) is 10.7 Å². The van der Waals surface area contributed by atoms with Crippen molar-refractivity contribution in [2.24, 2.45) is 7.05 Å². The van der Waals surface area contributed by atoms with E-state index in [2.05, 4.69) is 22.5 Å². The van der Waals surface area contributed by atoms with Crippen LogP contribution in [0.2, 0.25) is 0 Å². The summed E-state index contributed by atoms with van der Waals surface area (Å²) in [7, 11) is 3.68. The first-order chi connectivity index (χ1) is 11.6. The zero-order valence-corrected chi connectivity index (χ0v) is 15.1. The van der Waals surface area contributed by atoms with E-state index in [0.717, 1.165) is 17.1 Å². The van der Waals surface area contributed by atoms with Crippen molar-refractivity contribution in [1.29, 1.82) is 0 Å². The third kappa shape index (κ3) is 3.38. The van der Waals surface area contributed by atoms with E-state index in [4.69, 9.17) is 9.47 Å². The Bertz CT molecular complexity index is 710. The number of ether oxygens (including phenoxy) is 2. The molecule has 1 atom stereocenters. The van der Waals surface area contributed by atoms with Crippen LogP contribution in [0.1, 0.15) is 22.6 Å². The van der Waals surface area contributed by atoms with E-state index in [1.807, 2.05) is 23.4 Å². The Kier molecular flexibility index (Phi) is 5.33. The Labute approximate surface area is 146 Å². The van der Waals surface area contributed by atoms with Crippen LogP contribution in [0.3, 0.4) is 0 Å². The summed E-state index contributed by atoms with van der Waals surface area (Å²) in [4.78, 5) is 19.3. The third-order valence-electron chi connectivity index (χ3n) is 4.46. The van der Waals surface area contributed by atoms with Gasteiger partial charge in [0.15, 0.2) is 0 Å². The zero-order chi connectivity index (χ0) is 17.1. The molecule has 0 aliphatic carbocycles. The Hall–Kier alpha value is -1.70. The molecule has 3 heterocycles. The second kappa shape index (κ2) is 7.46. The largest absolute Gasteiger partial charge is 0.385 e. The number of amides is 1. The normalized spacial score (nSPS) is 18.1. The molecule has 24 heavy (non-hydrogen) atoms. The van der Waals surface area contributed by atoms with Gasteiger partial charge in [-0.2, -0.15) is 0 Å². The summed E-state index contributed by atoms with van der Waals surface area (Å²) in [5.74, 6) is -0.0205. The van der Waals surface area contributed by atoms with E-state index in [0.29, 0.717) is 32.1 Å². The average molecular weight is 349 g/mol. The number of morpholine rings is 1. The Morgan fingerprint density at radius 1 is 1.50 bits per heavy atom. The quantitative estimate of drug-likeness (QED) is 0.831. The fourth-order valence-electron chi connectivity index (χ4n) is 2.88. The Balaban J connectivity index is 1.78. The molecule has 7 heteroatoms. The standard InChI is InChI=1S/C17H23N3O3S/c1-12-4-5-15(19(12)2)16-18-14(11-24-16)17(21)20-7-9-23-10-13(20)6-8-22-3/h4-5,11,13H,6-10H2,1-3H3. The van der Waals surface area contributed by atoms with E-state index in [1.165, 1.54) is 17.0 Å². The van der Waals surface area contributed by atoms with Gasteiger partial charge >= 0.3 is 0 Å². The lowest BCUT2D eigenvalue weighted by atomic mass is 10.1. The smallest absolute Gasteiger partial charge is 0.273 e. The van der Waals surface area contributed by atoms with E-state index in [1.54, 1.807) is 7.11 Å². The molecule has 1 aliphatic heterocycles. The maximum atomic E-state index is 12.9. The number of carbonyl (C=O) groups excluding carboxylic acids is 1. The highest BCUT2D eigenvalue weighted by Crippen LogP contribution is 2.26. The van der Waals surface area contributed by atoms with Crippen molar-refractivity contribution in [3.63, 3.8) is 0 Å². The van der Waals surface area contributed by atoms with Gasteiger partial charge in [0.25, 0.3) is 5.91 Å². The molecule has 1 saturated heterocycles. The lowest BCUT2D eigenvalue weighted by molar-refractivity contribution is -0.0106. The van der Waals surface area contributed by atoms with E-state index in [-0.39, 0.29) is 11.9 Å². The molecule has 2 aromatic rings. The number of aromatic nitrogens is 2. The van der Waals surface area contributed by atoms with Crippen LogP contribution in [0.25, 0.3) is 10.7 Å². The fourth-order valence-corrected chi connectivity index (χ4v) is 3.73. The van der Waals surface area contributed by atoms with Crippen LogP contribution in [0.4, 0.5) is 0 Å². The SMILES string of the molecule is COCCC1COCCN1C(=O)c1csc(-c2ccc(C)n2C)n1. The number of carbonyl (C=O) groups is 1. The van der Waals surface area contributed by atoms with Crippen LogP contribution in [0.5, 0.6) is 0 Å². The number of aryl methyl sites for hydroxylation is 1. The Morgan fingerprint density at radius 2 is 2.33 bits per heavy atom. The lowest BCUT2D eigenvalue weighted by Gasteiger charge is -2.35. The minimum Gasteiger partial charge on any atom is -0.385 e. The van der Waals surface area contributed by atoms with Crippen LogP contribution in [-0.4, -0.2) is 59.9 Å². The van der Waals surface area contributed by atoms with E-state index in [9.17, 15) is 4.79 Å². The summed E-state index contributed by atoms with van der Waals surface area (Å²) in [6.07, 6.45) is 0.774. The minimum absolute atomic E-state index is 0.0205. The van der Waals surface area contributed by atoms with Gasteiger partial charge in [0.1, 0.15) is 10.7 Å². The molecular formula is C17H23N3O3S. The van der Waals surface area contributed by atoms with Crippen molar-refractivity contribution < 1.29 is 14.3 Å². The number of hydrogen-bond donors (Lipinski definition) is 0. The molecule has 0 radical (unpaired) electrons. The van der Waals surface area contributed by atoms with Gasteiger partial charge < -0.3 is 18.9 Å². The second-order valence-corrected chi connectivity index (χ2v) is 6.82.